The van der Waals surface area contributed by atoms with Crippen LogP contribution >= 0.6 is 11.3 Å². The highest BCUT2D eigenvalue weighted by Crippen LogP contribution is 2.31. The van der Waals surface area contributed by atoms with Gasteiger partial charge in [-0.05, 0) is 24.6 Å². The Hall–Kier alpha value is -2.01. The number of hydrogen-bond donors (Lipinski definition) is 1. The summed E-state index contributed by atoms with van der Waals surface area (Å²) in [4.78, 5) is 13.8. The van der Waals surface area contributed by atoms with E-state index < -0.39 is 0 Å². The van der Waals surface area contributed by atoms with E-state index in [4.69, 9.17) is 5.73 Å². The molecule has 0 aliphatic rings. The fourth-order valence-electron chi connectivity index (χ4n) is 1.66. The van der Waals surface area contributed by atoms with Crippen molar-refractivity contribution in [3.63, 3.8) is 0 Å². The first-order chi connectivity index (χ1) is 8.24. The summed E-state index contributed by atoms with van der Waals surface area (Å²) < 4.78 is 0. The Morgan fingerprint density at radius 1 is 1.18 bits per heavy atom. The van der Waals surface area contributed by atoms with Gasteiger partial charge in [-0.15, -0.1) is 0 Å². The molecule has 0 aliphatic carbocycles. The van der Waals surface area contributed by atoms with Gasteiger partial charge >= 0.3 is 0 Å². The van der Waals surface area contributed by atoms with E-state index in [1.54, 1.807) is 12.4 Å². The van der Waals surface area contributed by atoms with Crippen molar-refractivity contribution in [2.75, 3.05) is 5.73 Å². The monoisotopic (exact) mass is 242 g/mol. The summed E-state index contributed by atoms with van der Waals surface area (Å²) in [6.45, 7) is 2.04. The van der Waals surface area contributed by atoms with Gasteiger partial charge in [0.25, 0.3) is 0 Å². The minimum absolute atomic E-state index is 0.689. The molecule has 5 heteroatoms. The Balaban J connectivity index is 2.23. The van der Waals surface area contributed by atoms with Crippen molar-refractivity contribution in [1.29, 1.82) is 0 Å². The number of anilines is 1. The van der Waals surface area contributed by atoms with E-state index in [0.29, 0.717) is 5.65 Å². The van der Waals surface area contributed by atoms with Gasteiger partial charge in [-0.2, -0.15) is 0 Å². The number of benzene rings is 1. The number of thiazole rings is 1. The van der Waals surface area contributed by atoms with Gasteiger partial charge < -0.3 is 5.73 Å². The van der Waals surface area contributed by atoms with Gasteiger partial charge in [0, 0.05) is 23.6 Å². The summed E-state index contributed by atoms with van der Waals surface area (Å²) in [6, 6.07) is 5.83. The Morgan fingerprint density at radius 3 is 2.82 bits per heavy atom. The zero-order valence-corrected chi connectivity index (χ0v) is 10.0. The predicted molar refractivity (Wildman–Crippen MR) is 69.8 cm³/mol. The zero-order valence-electron chi connectivity index (χ0n) is 9.21. The quantitative estimate of drug-likeness (QED) is 0.666. The molecule has 3 aromatic rings. The third-order valence-electron chi connectivity index (χ3n) is 2.54. The molecule has 2 heterocycles. The molecule has 4 nitrogen and oxygen atoms in total. The summed E-state index contributed by atoms with van der Waals surface area (Å²) >= 11 is 1.53. The van der Waals surface area contributed by atoms with E-state index in [-0.39, 0.29) is 0 Å². The second kappa shape index (κ2) is 3.78. The van der Waals surface area contributed by atoms with Crippen LogP contribution in [0.5, 0.6) is 0 Å². The van der Waals surface area contributed by atoms with Crippen LogP contribution < -0.4 is 5.73 Å². The predicted octanol–water partition coefficient (Wildman–Crippen LogP) is 2.64. The van der Waals surface area contributed by atoms with Crippen LogP contribution in [-0.4, -0.2) is 15.0 Å². The van der Waals surface area contributed by atoms with Crippen molar-refractivity contribution in [3.05, 3.63) is 36.2 Å². The molecule has 0 radical (unpaired) electrons. The fourth-order valence-corrected chi connectivity index (χ4v) is 2.61. The lowest BCUT2D eigenvalue weighted by molar-refractivity contribution is 1.26. The third kappa shape index (κ3) is 1.74. The molecule has 0 aliphatic heterocycles. The first-order valence-corrected chi connectivity index (χ1v) is 6.00. The highest BCUT2D eigenvalue weighted by Gasteiger charge is 2.10. The Kier molecular flexibility index (Phi) is 2.26. The number of hydrogen-bond acceptors (Lipinski definition) is 5. The van der Waals surface area contributed by atoms with E-state index in [0.717, 1.165) is 26.7 Å². The number of rotatable bonds is 1. The SMILES string of the molecule is Cc1ccc(N)cc1-c1nc2nccnc2s1. The fraction of sp³-hybridized carbons (Fsp3) is 0.0833. The summed E-state index contributed by atoms with van der Waals surface area (Å²) in [5.41, 5.74) is 9.44. The Morgan fingerprint density at radius 2 is 2.00 bits per heavy atom. The Labute approximate surface area is 102 Å². The lowest BCUT2D eigenvalue weighted by Gasteiger charge is -2.02. The summed E-state index contributed by atoms with van der Waals surface area (Å²) in [6.07, 6.45) is 3.33. The van der Waals surface area contributed by atoms with E-state index in [2.05, 4.69) is 15.0 Å². The minimum Gasteiger partial charge on any atom is -0.399 e. The molecular weight excluding hydrogens is 232 g/mol. The van der Waals surface area contributed by atoms with E-state index in [9.17, 15) is 0 Å². The topological polar surface area (TPSA) is 64.7 Å². The van der Waals surface area contributed by atoms with Crippen molar-refractivity contribution in [2.45, 2.75) is 6.92 Å². The Bertz CT molecular complexity index is 657. The summed E-state index contributed by atoms with van der Waals surface area (Å²) in [5.74, 6) is 0. The molecule has 0 fully saturated rings. The maximum atomic E-state index is 5.80. The first kappa shape index (κ1) is 10.2. The lowest BCUT2D eigenvalue weighted by atomic mass is 10.1. The smallest absolute Gasteiger partial charge is 0.190 e. The maximum absolute atomic E-state index is 5.80. The van der Waals surface area contributed by atoms with E-state index in [1.807, 2.05) is 25.1 Å². The van der Waals surface area contributed by atoms with Gasteiger partial charge in [0.1, 0.15) is 5.01 Å². The van der Waals surface area contributed by atoms with Crippen LogP contribution in [-0.2, 0) is 0 Å². The van der Waals surface area contributed by atoms with Crippen molar-refractivity contribution >= 4 is 27.5 Å². The highest BCUT2D eigenvalue weighted by molar-refractivity contribution is 7.21. The van der Waals surface area contributed by atoms with Crippen LogP contribution in [0.15, 0.2) is 30.6 Å². The van der Waals surface area contributed by atoms with Gasteiger partial charge in [0.2, 0.25) is 0 Å². The number of aromatic nitrogens is 3. The van der Waals surface area contributed by atoms with Gasteiger partial charge in [0.15, 0.2) is 10.5 Å². The van der Waals surface area contributed by atoms with E-state index in [1.165, 1.54) is 11.3 Å². The second-order valence-electron chi connectivity index (χ2n) is 3.78. The average molecular weight is 242 g/mol. The molecule has 1 aromatic carbocycles. The molecule has 0 amide bonds. The normalized spacial score (nSPS) is 10.9. The molecule has 0 saturated carbocycles. The highest BCUT2D eigenvalue weighted by atomic mass is 32.1. The minimum atomic E-state index is 0.689. The molecule has 0 atom stereocenters. The van der Waals surface area contributed by atoms with Crippen molar-refractivity contribution in [3.8, 4) is 10.6 Å². The number of nitrogen functional groups attached to an aromatic ring is 1. The van der Waals surface area contributed by atoms with Gasteiger partial charge in [-0.3, -0.25) is 0 Å². The van der Waals surface area contributed by atoms with Crippen molar-refractivity contribution in [2.24, 2.45) is 0 Å². The zero-order chi connectivity index (χ0) is 11.8. The molecule has 0 unspecified atom stereocenters. The number of nitrogens with two attached hydrogens (primary N) is 1. The van der Waals surface area contributed by atoms with Gasteiger partial charge in [-0.25, -0.2) is 15.0 Å². The molecule has 2 aromatic heterocycles. The number of nitrogens with zero attached hydrogens (tertiary/aromatic N) is 3. The van der Waals surface area contributed by atoms with Crippen LogP contribution in [0.1, 0.15) is 5.56 Å². The van der Waals surface area contributed by atoms with Crippen molar-refractivity contribution in [1.82, 2.24) is 15.0 Å². The molecule has 17 heavy (non-hydrogen) atoms. The van der Waals surface area contributed by atoms with E-state index >= 15 is 0 Å². The number of aryl methyl sites for hydroxylation is 1. The average Bonchev–Trinajstić information content (AvgIpc) is 2.75. The van der Waals surface area contributed by atoms with Crippen LogP contribution in [0, 0.1) is 6.92 Å². The molecule has 0 spiro atoms. The summed E-state index contributed by atoms with van der Waals surface area (Å²) in [5, 5.41) is 0.913. The largest absolute Gasteiger partial charge is 0.399 e. The second-order valence-corrected chi connectivity index (χ2v) is 4.76. The molecule has 0 bridgehead atoms. The van der Waals surface area contributed by atoms with Gasteiger partial charge in [-0.1, -0.05) is 17.4 Å². The molecule has 84 valence electrons. The maximum Gasteiger partial charge on any atom is 0.190 e. The van der Waals surface area contributed by atoms with Gasteiger partial charge in [0.05, 0.1) is 0 Å². The first-order valence-electron chi connectivity index (χ1n) is 5.18. The molecule has 2 N–H and O–H groups in total. The van der Waals surface area contributed by atoms with Crippen LogP contribution in [0.2, 0.25) is 0 Å². The summed E-state index contributed by atoms with van der Waals surface area (Å²) in [7, 11) is 0. The van der Waals surface area contributed by atoms with Crippen molar-refractivity contribution < 1.29 is 0 Å². The molecule has 3 rings (SSSR count). The van der Waals surface area contributed by atoms with Crippen LogP contribution in [0.25, 0.3) is 21.0 Å². The van der Waals surface area contributed by atoms with Crippen LogP contribution in [0.4, 0.5) is 5.69 Å². The molecule has 0 saturated heterocycles. The standard InChI is InChI=1S/C12H10N4S/c1-7-2-3-8(13)6-9(7)11-16-10-12(17-11)15-5-4-14-10/h2-6H,13H2,1H3. The molecular formula is C12H10N4S. The third-order valence-corrected chi connectivity index (χ3v) is 3.53. The lowest BCUT2D eigenvalue weighted by Crippen LogP contribution is -1.88. The van der Waals surface area contributed by atoms with Crippen LogP contribution in [0.3, 0.4) is 0 Å². The number of fused-ring (bicyclic) bond motifs is 1.